The molecule has 9 heteroatoms. The SMILES string of the molecule is CC(COC(=O)c1c(Cl)c(Cl)cc(Cl)c1OC(=O)C(=O)O)C(C)(C)C. The molecule has 0 saturated heterocycles. The number of esters is 2. The first-order valence-electron chi connectivity index (χ1n) is 7.16. The van der Waals surface area contributed by atoms with Crippen LogP contribution in [0.3, 0.4) is 0 Å². The zero-order valence-electron chi connectivity index (χ0n) is 14.0. The fourth-order valence-corrected chi connectivity index (χ4v) is 2.24. The third-order valence-electron chi connectivity index (χ3n) is 3.64. The van der Waals surface area contributed by atoms with Crippen molar-refractivity contribution in [3.8, 4) is 5.75 Å². The summed E-state index contributed by atoms with van der Waals surface area (Å²) >= 11 is 17.8. The average molecular weight is 412 g/mol. The smallest absolute Gasteiger partial charge is 0.422 e. The maximum Gasteiger partial charge on any atom is 0.422 e. The van der Waals surface area contributed by atoms with Crippen LogP contribution < -0.4 is 4.74 Å². The number of hydrogen-bond acceptors (Lipinski definition) is 5. The Morgan fingerprint density at radius 3 is 2.20 bits per heavy atom. The maximum absolute atomic E-state index is 12.4. The number of carbonyl (C=O) groups is 3. The number of halogens is 3. The molecule has 25 heavy (non-hydrogen) atoms. The van der Waals surface area contributed by atoms with Gasteiger partial charge in [-0.25, -0.2) is 14.4 Å². The number of carboxylic acids is 1. The highest BCUT2D eigenvalue weighted by molar-refractivity contribution is 6.46. The Morgan fingerprint density at radius 2 is 1.72 bits per heavy atom. The Labute approximate surface area is 159 Å². The first kappa shape index (κ1) is 21.5. The number of carbonyl (C=O) groups excluding carboxylic acids is 2. The van der Waals surface area contributed by atoms with E-state index in [-0.39, 0.29) is 33.0 Å². The molecule has 0 heterocycles. The summed E-state index contributed by atoms with van der Waals surface area (Å²) in [6, 6.07) is 1.13. The minimum absolute atomic E-state index is 0.00917. The normalized spacial score (nSPS) is 12.4. The van der Waals surface area contributed by atoms with Crippen LogP contribution in [0.15, 0.2) is 6.07 Å². The molecule has 1 atom stereocenters. The molecule has 0 bridgehead atoms. The molecule has 0 aromatic heterocycles. The van der Waals surface area contributed by atoms with E-state index in [9.17, 15) is 14.4 Å². The van der Waals surface area contributed by atoms with Gasteiger partial charge in [-0.3, -0.25) is 0 Å². The van der Waals surface area contributed by atoms with E-state index in [2.05, 4.69) is 4.74 Å². The summed E-state index contributed by atoms with van der Waals surface area (Å²) in [5.74, 6) is -4.93. The molecular formula is C16H17Cl3O6. The van der Waals surface area contributed by atoms with Crippen LogP contribution in [0.5, 0.6) is 5.75 Å². The van der Waals surface area contributed by atoms with Crippen LogP contribution in [-0.2, 0) is 14.3 Å². The summed E-state index contributed by atoms with van der Waals surface area (Å²) in [5, 5.41) is 8.08. The Bertz CT molecular complexity index is 709. The highest BCUT2D eigenvalue weighted by Gasteiger charge is 2.29. The lowest BCUT2D eigenvalue weighted by Crippen LogP contribution is -2.25. The van der Waals surface area contributed by atoms with Gasteiger partial charge in [0.25, 0.3) is 0 Å². The molecule has 1 aromatic rings. The number of aliphatic carboxylic acids is 1. The fraction of sp³-hybridized carbons (Fsp3) is 0.438. The monoisotopic (exact) mass is 410 g/mol. The summed E-state index contributed by atoms with van der Waals surface area (Å²) < 4.78 is 9.86. The summed E-state index contributed by atoms with van der Waals surface area (Å²) in [4.78, 5) is 34.4. The second kappa shape index (κ2) is 8.25. The molecule has 0 amide bonds. The first-order valence-corrected chi connectivity index (χ1v) is 8.29. The van der Waals surface area contributed by atoms with Gasteiger partial charge in [-0.05, 0) is 17.4 Å². The van der Waals surface area contributed by atoms with E-state index in [1.54, 1.807) is 0 Å². The third kappa shape index (κ3) is 5.49. The van der Waals surface area contributed by atoms with Crippen molar-refractivity contribution >= 4 is 52.7 Å². The van der Waals surface area contributed by atoms with Crippen LogP contribution in [0.1, 0.15) is 38.1 Å². The largest absolute Gasteiger partial charge is 0.473 e. The van der Waals surface area contributed by atoms with Gasteiger partial charge < -0.3 is 14.6 Å². The van der Waals surface area contributed by atoms with Crippen LogP contribution in [0.2, 0.25) is 15.1 Å². The lowest BCUT2D eigenvalue weighted by Gasteiger charge is -2.26. The summed E-state index contributed by atoms with van der Waals surface area (Å²) in [6.07, 6.45) is 0. The van der Waals surface area contributed by atoms with Crippen molar-refractivity contribution in [3.63, 3.8) is 0 Å². The zero-order chi connectivity index (χ0) is 19.5. The summed E-state index contributed by atoms with van der Waals surface area (Å²) in [6.45, 7) is 7.90. The number of hydrogen-bond donors (Lipinski definition) is 1. The van der Waals surface area contributed by atoms with Crippen molar-refractivity contribution in [2.45, 2.75) is 27.7 Å². The lowest BCUT2D eigenvalue weighted by molar-refractivity contribution is -0.158. The van der Waals surface area contributed by atoms with Crippen molar-refractivity contribution in [2.75, 3.05) is 6.61 Å². The van der Waals surface area contributed by atoms with Crippen molar-refractivity contribution < 1.29 is 29.0 Å². The van der Waals surface area contributed by atoms with Gasteiger partial charge in [-0.1, -0.05) is 62.5 Å². The molecule has 0 spiro atoms. The molecule has 138 valence electrons. The van der Waals surface area contributed by atoms with E-state index >= 15 is 0 Å². The number of ether oxygens (including phenoxy) is 2. The van der Waals surface area contributed by atoms with E-state index in [1.165, 1.54) is 0 Å². The van der Waals surface area contributed by atoms with E-state index < -0.39 is 29.2 Å². The number of rotatable bonds is 4. The summed E-state index contributed by atoms with van der Waals surface area (Å²) in [5.41, 5.74) is -0.524. The van der Waals surface area contributed by atoms with Gasteiger partial charge in [0, 0.05) is 0 Å². The molecule has 1 N–H and O–H groups in total. The quantitative estimate of drug-likeness (QED) is 0.340. The minimum Gasteiger partial charge on any atom is -0.473 e. The van der Waals surface area contributed by atoms with Gasteiger partial charge in [-0.2, -0.15) is 0 Å². The Morgan fingerprint density at radius 1 is 1.16 bits per heavy atom. The Balaban J connectivity index is 3.21. The fourth-order valence-electron chi connectivity index (χ4n) is 1.52. The van der Waals surface area contributed by atoms with Gasteiger partial charge >= 0.3 is 17.9 Å². The molecule has 0 aliphatic heterocycles. The molecule has 1 aromatic carbocycles. The van der Waals surface area contributed by atoms with Crippen molar-refractivity contribution in [1.82, 2.24) is 0 Å². The predicted molar refractivity (Wildman–Crippen MR) is 93.6 cm³/mol. The van der Waals surface area contributed by atoms with Crippen LogP contribution in [-0.4, -0.2) is 29.6 Å². The molecule has 6 nitrogen and oxygen atoms in total. The van der Waals surface area contributed by atoms with E-state index in [0.29, 0.717) is 0 Å². The molecule has 0 radical (unpaired) electrons. The van der Waals surface area contributed by atoms with Crippen molar-refractivity contribution in [3.05, 3.63) is 26.7 Å². The summed E-state index contributed by atoms with van der Waals surface area (Å²) in [7, 11) is 0. The molecular weight excluding hydrogens is 395 g/mol. The van der Waals surface area contributed by atoms with Gasteiger partial charge in [-0.15, -0.1) is 0 Å². The molecule has 0 aliphatic carbocycles. The molecule has 1 rings (SSSR count). The van der Waals surface area contributed by atoms with E-state index in [4.69, 9.17) is 44.6 Å². The second-order valence-electron chi connectivity index (χ2n) is 6.42. The number of carboxylic acid groups (broad SMARTS) is 1. The van der Waals surface area contributed by atoms with Crippen molar-refractivity contribution in [2.24, 2.45) is 11.3 Å². The standard InChI is InChI=1S/C16H17Cl3O6/c1-7(16(2,3)4)6-24-14(22)10-11(19)8(17)5-9(18)12(10)25-15(23)13(20)21/h5,7H,6H2,1-4H3,(H,20,21). The minimum atomic E-state index is -1.86. The van der Waals surface area contributed by atoms with Crippen LogP contribution in [0.25, 0.3) is 0 Å². The van der Waals surface area contributed by atoms with Gasteiger partial charge in [0.1, 0.15) is 5.56 Å². The topological polar surface area (TPSA) is 89.9 Å². The number of benzene rings is 1. The third-order valence-corrected chi connectivity index (χ3v) is 4.71. The Hall–Kier alpha value is -1.50. The molecule has 0 fully saturated rings. The zero-order valence-corrected chi connectivity index (χ0v) is 16.3. The van der Waals surface area contributed by atoms with E-state index in [0.717, 1.165) is 6.07 Å². The highest BCUT2D eigenvalue weighted by Crippen LogP contribution is 2.40. The van der Waals surface area contributed by atoms with Gasteiger partial charge in [0.2, 0.25) is 0 Å². The van der Waals surface area contributed by atoms with E-state index in [1.807, 2.05) is 27.7 Å². The molecule has 1 unspecified atom stereocenters. The molecule has 0 aliphatic rings. The van der Waals surface area contributed by atoms with Gasteiger partial charge in [0.15, 0.2) is 5.75 Å². The van der Waals surface area contributed by atoms with Gasteiger partial charge in [0.05, 0.1) is 21.7 Å². The van der Waals surface area contributed by atoms with Crippen LogP contribution in [0, 0.1) is 11.3 Å². The lowest BCUT2D eigenvalue weighted by atomic mass is 9.83. The first-order chi connectivity index (χ1) is 11.4. The highest BCUT2D eigenvalue weighted by atomic mass is 35.5. The van der Waals surface area contributed by atoms with Crippen LogP contribution >= 0.6 is 34.8 Å². The Kier molecular flexibility index (Phi) is 7.11. The maximum atomic E-state index is 12.4. The van der Waals surface area contributed by atoms with Crippen LogP contribution in [0.4, 0.5) is 0 Å². The van der Waals surface area contributed by atoms with Crippen molar-refractivity contribution in [1.29, 1.82) is 0 Å². The second-order valence-corrected chi connectivity index (χ2v) is 7.61. The predicted octanol–water partition coefficient (Wildman–Crippen LogP) is 4.48. The average Bonchev–Trinajstić information content (AvgIpc) is 2.48. The molecule has 0 saturated carbocycles.